The van der Waals surface area contributed by atoms with Gasteiger partial charge < -0.3 is 10.5 Å². The van der Waals surface area contributed by atoms with Crippen LogP contribution in [-0.2, 0) is 21.3 Å². The first-order chi connectivity index (χ1) is 9.42. The van der Waals surface area contributed by atoms with E-state index in [1.807, 2.05) is 6.92 Å². The van der Waals surface area contributed by atoms with Crippen molar-refractivity contribution in [2.75, 3.05) is 26.0 Å². The molecule has 1 aromatic rings. The van der Waals surface area contributed by atoms with Crippen LogP contribution in [0.25, 0.3) is 0 Å². The summed E-state index contributed by atoms with van der Waals surface area (Å²) < 4.78 is 33.7. The van der Waals surface area contributed by atoms with Gasteiger partial charge in [0.05, 0.1) is 0 Å². The molecule has 0 aliphatic heterocycles. The Labute approximate surface area is 119 Å². The summed E-state index contributed by atoms with van der Waals surface area (Å²) in [6.45, 7) is 3.53. The Morgan fingerprint density at radius 1 is 1.55 bits per heavy atom. The van der Waals surface area contributed by atoms with E-state index < -0.39 is 10.0 Å². The topological polar surface area (TPSA) is 99.2 Å². The van der Waals surface area contributed by atoms with E-state index in [1.165, 1.54) is 10.9 Å². The van der Waals surface area contributed by atoms with Crippen LogP contribution in [0.15, 0.2) is 11.1 Å². The lowest BCUT2D eigenvalue weighted by Crippen LogP contribution is -2.31. The van der Waals surface area contributed by atoms with E-state index in [0.717, 1.165) is 19.3 Å². The second-order valence-corrected chi connectivity index (χ2v) is 7.04. The minimum absolute atomic E-state index is 0.0427. The lowest BCUT2D eigenvalue weighted by Gasteiger charge is -2.15. The molecule has 0 unspecified atom stereocenters. The van der Waals surface area contributed by atoms with Gasteiger partial charge in [-0.2, -0.15) is 5.10 Å². The number of anilines is 1. The van der Waals surface area contributed by atoms with E-state index in [1.54, 1.807) is 7.11 Å². The van der Waals surface area contributed by atoms with Gasteiger partial charge in [0.1, 0.15) is 4.90 Å². The van der Waals surface area contributed by atoms with Crippen molar-refractivity contribution in [3.05, 3.63) is 6.20 Å². The molecule has 1 fully saturated rings. The molecule has 0 spiro atoms. The average Bonchev–Trinajstić information content (AvgIpc) is 3.09. The first kappa shape index (κ1) is 15.3. The van der Waals surface area contributed by atoms with Crippen LogP contribution in [0.1, 0.15) is 26.2 Å². The number of methoxy groups -OCH3 is 1. The largest absolute Gasteiger partial charge is 0.385 e. The summed E-state index contributed by atoms with van der Waals surface area (Å²) in [5.41, 5.74) is 5.72. The molecular weight excluding hydrogens is 280 g/mol. The Morgan fingerprint density at radius 2 is 2.25 bits per heavy atom. The molecule has 7 nitrogen and oxygen atoms in total. The first-order valence-electron chi connectivity index (χ1n) is 6.74. The molecule has 0 radical (unpaired) electrons. The van der Waals surface area contributed by atoms with Crippen LogP contribution in [0.2, 0.25) is 0 Å². The maximum absolute atomic E-state index is 12.3. The third kappa shape index (κ3) is 3.31. The SMILES string of the molecule is CCn1cc(S(=O)(=O)NCC2(CCOC)CC2)c(N)n1. The number of ether oxygens (including phenoxy) is 1. The van der Waals surface area contributed by atoms with Crippen LogP contribution >= 0.6 is 0 Å². The van der Waals surface area contributed by atoms with Crippen molar-refractivity contribution < 1.29 is 13.2 Å². The Bertz CT molecular complexity index is 563. The van der Waals surface area contributed by atoms with E-state index in [9.17, 15) is 8.42 Å². The molecule has 1 aliphatic rings. The predicted molar refractivity (Wildman–Crippen MR) is 75.7 cm³/mol. The van der Waals surface area contributed by atoms with E-state index in [2.05, 4.69) is 9.82 Å². The molecule has 0 bridgehead atoms. The van der Waals surface area contributed by atoms with Crippen LogP contribution in [0.4, 0.5) is 5.82 Å². The predicted octanol–water partition coefficient (Wildman–Crippen LogP) is 0.580. The molecule has 0 atom stereocenters. The number of hydrogen-bond donors (Lipinski definition) is 2. The number of aryl methyl sites for hydroxylation is 1. The molecule has 114 valence electrons. The first-order valence-corrected chi connectivity index (χ1v) is 8.22. The maximum Gasteiger partial charge on any atom is 0.245 e. The molecule has 2 rings (SSSR count). The van der Waals surface area contributed by atoms with Gasteiger partial charge in [0.2, 0.25) is 10.0 Å². The van der Waals surface area contributed by atoms with Gasteiger partial charge in [-0.25, -0.2) is 13.1 Å². The molecule has 0 saturated heterocycles. The van der Waals surface area contributed by atoms with Gasteiger partial charge in [0.15, 0.2) is 5.82 Å². The number of aromatic nitrogens is 2. The highest BCUT2D eigenvalue weighted by Gasteiger charge is 2.42. The quantitative estimate of drug-likeness (QED) is 0.732. The maximum atomic E-state index is 12.3. The number of nitrogen functional groups attached to an aromatic ring is 1. The van der Waals surface area contributed by atoms with Crippen LogP contribution in [0, 0.1) is 5.41 Å². The van der Waals surface area contributed by atoms with Crippen molar-refractivity contribution >= 4 is 15.8 Å². The average molecular weight is 302 g/mol. The normalized spacial score (nSPS) is 17.3. The zero-order chi connectivity index (χ0) is 14.8. The van der Waals surface area contributed by atoms with Gasteiger partial charge in [0.25, 0.3) is 0 Å². The van der Waals surface area contributed by atoms with Crippen molar-refractivity contribution in [3.63, 3.8) is 0 Å². The fourth-order valence-electron chi connectivity index (χ4n) is 2.12. The molecule has 1 aliphatic carbocycles. The number of hydrogen-bond acceptors (Lipinski definition) is 5. The highest BCUT2D eigenvalue weighted by Crippen LogP contribution is 2.48. The van der Waals surface area contributed by atoms with Gasteiger partial charge in [0, 0.05) is 33.0 Å². The molecule has 0 aromatic carbocycles. The zero-order valence-corrected chi connectivity index (χ0v) is 12.7. The number of sulfonamides is 1. The summed E-state index contributed by atoms with van der Waals surface area (Å²) in [5.74, 6) is 0.0427. The molecular formula is C12H22N4O3S. The summed E-state index contributed by atoms with van der Waals surface area (Å²) in [6.07, 6.45) is 4.40. The number of nitrogens with two attached hydrogens (primary N) is 1. The zero-order valence-electron chi connectivity index (χ0n) is 11.9. The van der Waals surface area contributed by atoms with Gasteiger partial charge >= 0.3 is 0 Å². The van der Waals surface area contributed by atoms with E-state index in [0.29, 0.717) is 19.7 Å². The third-order valence-corrected chi connectivity index (χ3v) is 5.22. The van der Waals surface area contributed by atoms with Crippen molar-refractivity contribution in [3.8, 4) is 0 Å². The molecule has 20 heavy (non-hydrogen) atoms. The summed E-state index contributed by atoms with van der Waals surface area (Å²) in [6, 6.07) is 0. The van der Waals surface area contributed by atoms with Crippen molar-refractivity contribution in [1.82, 2.24) is 14.5 Å². The minimum atomic E-state index is -3.60. The fraction of sp³-hybridized carbons (Fsp3) is 0.750. The highest BCUT2D eigenvalue weighted by molar-refractivity contribution is 7.89. The van der Waals surface area contributed by atoms with Gasteiger partial charge in [-0.3, -0.25) is 4.68 Å². The second-order valence-electron chi connectivity index (χ2n) is 5.30. The highest BCUT2D eigenvalue weighted by atomic mass is 32.2. The molecule has 0 amide bonds. The fourth-order valence-corrected chi connectivity index (χ4v) is 3.35. The van der Waals surface area contributed by atoms with Crippen LogP contribution in [0.3, 0.4) is 0 Å². The molecule has 1 saturated carbocycles. The smallest absolute Gasteiger partial charge is 0.245 e. The van der Waals surface area contributed by atoms with E-state index >= 15 is 0 Å². The monoisotopic (exact) mass is 302 g/mol. The summed E-state index contributed by atoms with van der Waals surface area (Å²) >= 11 is 0. The van der Waals surface area contributed by atoms with Gasteiger partial charge in [-0.15, -0.1) is 0 Å². The van der Waals surface area contributed by atoms with Crippen molar-refractivity contribution in [2.45, 2.75) is 37.6 Å². The second kappa shape index (κ2) is 5.71. The van der Waals surface area contributed by atoms with Gasteiger partial charge in [-0.1, -0.05) is 0 Å². The lowest BCUT2D eigenvalue weighted by atomic mass is 10.0. The van der Waals surface area contributed by atoms with Crippen LogP contribution < -0.4 is 10.5 Å². The molecule has 3 N–H and O–H groups in total. The van der Waals surface area contributed by atoms with E-state index in [-0.39, 0.29) is 16.1 Å². The third-order valence-electron chi connectivity index (χ3n) is 3.80. The number of nitrogens with zero attached hydrogens (tertiary/aromatic N) is 2. The van der Waals surface area contributed by atoms with Crippen molar-refractivity contribution in [1.29, 1.82) is 0 Å². The molecule has 1 aromatic heterocycles. The Morgan fingerprint density at radius 3 is 2.75 bits per heavy atom. The minimum Gasteiger partial charge on any atom is -0.385 e. The number of rotatable bonds is 8. The Balaban J connectivity index is 2.02. The number of nitrogens with one attached hydrogen (secondary N) is 1. The summed E-state index contributed by atoms with van der Waals surface area (Å²) in [5, 5.41) is 3.96. The van der Waals surface area contributed by atoms with Crippen LogP contribution in [-0.4, -0.2) is 38.5 Å². The summed E-state index contributed by atoms with van der Waals surface area (Å²) in [4.78, 5) is 0.0573. The van der Waals surface area contributed by atoms with Crippen molar-refractivity contribution in [2.24, 2.45) is 5.41 Å². The van der Waals surface area contributed by atoms with E-state index in [4.69, 9.17) is 10.5 Å². The van der Waals surface area contributed by atoms with Crippen LogP contribution in [0.5, 0.6) is 0 Å². The lowest BCUT2D eigenvalue weighted by molar-refractivity contribution is 0.173. The summed E-state index contributed by atoms with van der Waals surface area (Å²) in [7, 11) is -1.94. The standard InChI is InChI=1S/C12H22N4O3S/c1-3-16-8-10(11(13)15-16)20(17,18)14-9-12(4-5-12)6-7-19-2/h8,14H,3-7,9H2,1-2H3,(H2,13,15). The van der Waals surface area contributed by atoms with Gasteiger partial charge in [-0.05, 0) is 31.6 Å². The Kier molecular flexibility index (Phi) is 4.36. The molecule has 8 heteroatoms. The molecule has 1 heterocycles. The Hall–Kier alpha value is -1.12.